The highest BCUT2D eigenvalue weighted by molar-refractivity contribution is 8.75. The number of hydrogen-bond acceptors (Lipinski definition) is 3. The summed E-state index contributed by atoms with van der Waals surface area (Å²) in [4.78, 5) is 0. The lowest BCUT2D eigenvalue weighted by molar-refractivity contribution is 0.689. The van der Waals surface area contributed by atoms with Gasteiger partial charge in [0.15, 0.2) is 0 Å². The van der Waals surface area contributed by atoms with E-state index in [0.29, 0.717) is 0 Å². The van der Waals surface area contributed by atoms with Gasteiger partial charge < -0.3 is 4.31 Å². The predicted octanol–water partition coefficient (Wildman–Crippen LogP) is 2.45. The summed E-state index contributed by atoms with van der Waals surface area (Å²) in [5, 5.41) is 0. The van der Waals surface area contributed by atoms with E-state index in [1.54, 1.807) is 0 Å². The van der Waals surface area contributed by atoms with Crippen LogP contribution in [0.1, 0.15) is 0 Å². The van der Waals surface area contributed by atoms with Gasteiger partial charge in [-0.2, -0.15) is 0 Å². The molecule has 0 aliphatic carbocycles. The maximum atomic E-state index is 5.09. The van der Waals surface area contributed by atoms with Crippen molar-refractivity contribution < 1.29 is 4.31 Å². The molecule has 2 unspecified atom stereocenters. The van der Waals surface area contributed by atoms with Crippen molar-refractivity contribution in [2.75, 3.05) is 5.90 Å². The molecule has 7 heteroatoms. The predicted molar refractivity (Wildman–Crippen MR) is 52.5 cm³/mol. The van der Waals surface area contributed by atoms with E-state index in [1.165, 1.54) is 0 Å². The second-order valence-corrected chi connectivity index (χ2v) is 14.9. The first-order valence-corrected chi connectivity index (χ1v) is 9.88. The van der Waals surface area contributed by atoms with Gasteiger partial charge in [-0.1, -0.05) is 23.6 Å². The Morgan fingerprint density at radius 1 is 1.25 bits per heavy atom. The zero-order valence-corrected chi connectivity index (χ0v) is 8.93. The Kier molecular flexibility index (Phi) is 2.25. The Labute approximate surface area is 69.1 Å². The first kappa shape index (κ1) is 8.06. The first-order valence-electron chi connectivity index (χ1n) is 1.76. The van der Waals surface area contributed by atoms with E-state index in [0.717, 1.165) is 5.90 Å². The highest BCUT2D eigenvalue weighted by Crippen LogP contribution is 2.84. The zero-order chi connectivity index (χ0) is 6.41. The Bertz CT molecular complexity index is 164. The molecule has 0 N–H and O–H groups in total. The molecule has 1 aliphatic rings. The fourth-order valence-corrected chi connectivity index (χ4v) is 19.1. The molecule has 0 bridgehead atoms. The van der Waals surface area contributed by atoms with Gasteiger partial charge in [-0.25, -0.2) is 0 Å². The first-order chi connectivity index (χ1) is 3.41. The van der Waals surface area contributed by atoms with Gasteiger partial charge >= 0.3 is 0 Å². The van der Waals surface area contributed by atoms with Crippen LogP contribution < -0.4 is 0 Å². The molecule has 1 aliphatic heterocycles. The van der Waals surface area contributed by atoms with Crippen molar-refractivity contribution in [1.29, 1.82) is 0 Å². The van der Waals surface area contributed by atoms with Crippen LogP contribution in [0.2, 0.25) is 0 Å². The lowest BCUT2D eigenvalue weighted by Crippen LogP contribution is -1.96. The van der Waals surface area contributed by atoms with Crippen LogP contribution in [0.5, 0.6) is 0 Å². The maximum Gasteiger partial charge on any atom is 0.130 e. The van der Waals surface area contributed by atoms with Gasteiger partial charge in [-0.3, -0.25) is 0 Å². The summed E-state index contributed by atoms with van der Waals surface area (Å²) in [5.41, 5.74) is -3.38. The molecule has 2 atom stereocenters. The van der Waals surface area contributed by atoms with Crippen LogP contribution in [0.4, 0.5) is 0 Å². The van der Waals surface area contributed by atoms with Gasteiger partial charge in [0.25, 0.3) is 0 Å². The average molecular weight is 222 g/mol. The fourth-order valence-electron chi connectivity index (χ4n) is 0.419. The van der Waals surface area contributed by atoms with Crippen molar-refractivity contribution in [1.82, 2.24) is 0 Å². The van der Waals surface area contributed by atoms with E-state index in [1.807, 2.05) is 0 Å². The Morgan fingerprint density at radius 2 is 1.50 bits per heavy atom. The molecule has 0 aromatic heterocycles. The monoisotopic (exact) mass is 222 g/mol. The van der Waals surface area contributed by atoms with Crippen molar-refractivity contribution in [2.24, 2.45) is 0 Å². The topological polar surface area (TPSA) is 9.23 Å². The summed E-state index contributed by atoms with van der Waals surface area (Å²) in [6, 6.07) is 0. The van der Waals surface area contributed by atoms with E-state index in [2.05, 4.69) is 24.5 Å². The van der Waals surface area contributed by atoms with E-state index in [4.69, 9.17) is 27.9 Å². The Hall–Kier alpha value is 1.96. The van der Waals surface area contributed by atoms with Gasteiger partial charge in [-0.05, 0) is 0 Å². The molecule has 1 saturated heterocycles. The van der Waals surface area contributed by atoms with Crippen LogP contribution in [0.3, 0.4) is 0 Å². The van der Waals surface area contributed by atoms with E-state index in [9.17, 15) is 0 Å². The Morgan fingerprint density at radius 3 is 1.50 bits per heavy atom. The van der Waals surface area contributed by atoms with Gasteiger partial charge in [0.05, 0.1) is 5.90 Å². The van der Waals surface area contributed by atoms with Crippen LogP contribution >= 0.6 is 35.4 Å². The summed E-state index contributed by atoms with van der Waals surface area (Å²) in [7, 11) is 0. The van der Waals surface area contributed by atoms with E-state index < -0.39 is 10.9 Å². The van der Waals surface area contributed by atoms with Crippen molar-refractivity contribution >= 4 is 59.0 Å². The maximum absolute atomic E-state index is 5.09. The standard InChI is InChI=1S/CH4OP2S4/c5-3(6)1-4(7,8)2-3/h1H2,(H,5,6)(H,7,8). The summed E-state index contributed by atoms with van der Waals surface area (Å²) in [6.45, 7) is 0. The molecule has 0 radical (unpaired) electrons. The van der Waals surface area contributed by atoms with E-state index >= 15 is 0 Å². The third kappa shape index (κ3) is 1.98. The minimum Gasteiger partial charge on any atom is -0.300 e. The van der Waals surface area contributed by atoms with Crippen LogP contribution in [-0.4, -0.2) is 5.90 Å². The molecule has 1 fully saturated rings. The minimum absolute atomic E-state index is 0.761. The molecule has 0 spiro atoms. The normalized spacial score (nSPS) is 55.2. The molecular formula is CH4OP2S4. The van der Waals surface area contributed by atoms with Crippen molar-refractivity contribution in [2.45, 2.75) is 0 Å². The second kappa shape index (κ2) is 2.23. The number of thiol groups is 2. The molecule has 1 rings (SSSR count). The summed E-state index contributed by atoms with van der Waals surface area (Å²) in [5.74, 6) is 0.761. The quantitative estimate of drug-likeness (QED) is 0.481. The zero-order valence-electron chi connectivity index (χ0n) is 3.72. The fraction of sp³-hybridized carbons (Fsp3) is 1.00. The van der Waals surface area contributed by atoms with Gasteiger partial charge in [0.2, 0.25) is 0 Å². The molecule has 8 heavy (non-hydrogen) atoms. The smallest absolute Gasteiger partial charge is 0.130 e. The second-order valence-electron chi connectivity index (χ2n) is 1.50. The lowest BCUT2D eigenvalue weighted by Gasteiger charge is -2.34. The molecular weight excluding hydrogens is 218 g/mol. The van der Waals surface area contributed by atoms with Crippen molar-refractivity contribution in [3.63, 3.8) is 0 Å². The van der Waals surface area contributed by atoms with Gasteiger partial charge in [0.1, 0.15) is 10.9 Å². The van der Waals surface area contributed by atoms with Crippen molar-refractivity contribution in [3.05, 3.63) is 0 Å². The average Bonchev–Trinajstić information content (AvgIpc) is 1.20. The molecule has 1 nitrogen and oxygen atoms in total. The lowest BCUT2D eigenvalue weighted by atomic mass is 11.9. The SMILES string of the molecule is S=P1(S)CP(=S)(S)O1. The number of rotatable bonds is 0. The molecule has 0 amide bonds. The number of hydrogen-bond donors (Lipinski definition) is 2. The van der Waals surface area contributed by atoms with Crippen LogP contribution in [0.25, 0.3) is 0 Å². The summed E-state index contributed by atoms with van der Waals surface area (Å²) >= 11 is 17.9. The van der Waals surface area contributed by atoms with Gasteiger partial charge in [-0.15, -0.1) is 24.5 Å². The van der Waals surface area contributed by atoms with E-state index in [-0.39, 0.29) is 0 Å². The van der Waals surface area contributed by atoms with Crippen LogP contribution in [-0.2, 0) is 27.9 Å². The summed E-state index contributed by atoms with van der Waals surface area (Å²) in [6.07, 6.45) is 0. The highest BCUT2D eigenvalue weighted by Gasteiger charge is 2.37. The minimum atomic E-state index is -1.69. The van der Waals surface area contributed by atoms with Crippen LogP contribution in [0, 0.1) is 0 Å². The molecule has 48 valence electrons. The Balaban J connectivity index is 2.68. The molecule has 1 heterocycles. The molecule has 0 aromatic rings. The molecule has 0 saturated carbocycles. The highest BCUT2D eigenvalue weighted by atomic mass is 32.9. The summed E-state index contributed by atoms with van der Waals surface area (Å²) < 4.78 is 5.09. The van der Waals surface area contributed by atoms with Crippen molar-refractivity contribution in [3.8, 4) is 0 Å². The van der Waals surface area contributed by atoms with Gasteiger partial charge in [0, 0.05) is 0 Å². The van der Waals surface area contributed by atoms with Crippen LogP contribution in [0.15, 0.2) is 0 Å². The molecule has 0 aromatic carbocycles. The third-order valence-corrected chi connectivity index (χ3v) is 12.4. The largest absolute Gasteiger partial charge is 0.300 e. The third-order valence-electron chi connectivity index (χ3n) is 0.613.